The van der Waals surface area contributed by atoms with Crippen LogP contribution in [0.25, 0.3) is 22.2 Å². The highest BCUT2D eigenvalue weighted by Crippen LogP contribution is 2.39. The number of hydrogen-bond acceptors (Lipinski definition) is 4. The topological polar surface area (TPSA) is 89.1 Å². The summed E-state index contributed by atoms with van der Waals surface area (Å²) in [5.74, 6) is -0.0439. The summed E-state index contributed by atoms with van der Waals surface area (Å²) in [5, 5.41) is 3.47. The normalized spacial score (nSPS) is 12.9. The molecule has 5 rings (SSSR count). The van der Waals surface area contributed by atoms with Crippen LogP contribution < -0.4 is 16.0 Å². The minimum Gasteiger partial charge on any atom is -0.383 e. The minimum absolute atomic E-state index is 0.282. The molecule has 30 heavy (non-hydrogen) atoms. The first-order valence-corrected chi connectivity index (χ1v) is 9.55. The number of carbonyl (C=O) groups is 1. The molecule has 0 unspecified atom stereocenters. The van der Waals surface area contributed by atoms with Gasteiger partial charge in [-0.2, -0.15) is 0 Å². The number of para-hydroxylation sites is 1. The summed E-state index contributed by atoms with van der Waals surface area (Å²) >= 11 is 0. The van der Waals surface area contributed by atoms with Crippen molar-refractivity contribution in [1.82, 2.24) is 14.5 Å². The van der Waals surface area contributed by atoms with Gasteiger partial charge in [0.05, 0.1) is 11.1 Å². The molecule has 0 atom stereocenters. The van der Waals surface area contributed by atoms with Gasteiger partial charge in [0.15, 0.2) is 0 Å². The number of amides is 2. The Morgan fingerprint density at radius 2 is 1.93 bits per heavy atom. The maximum absolute atomic E-state index is 15.5. The van der Waals surface area contributed by atoms with E-state index in [1.807, 2.05) is 37.4 Å². The van der Waals surface area contributed by atoms with Crippen molar-refractivity contribution in [2.75, 3.05) is 22.5 Å². The zero-order chi connectivity index (χ0) is 20.8. The Hall–Kier alpha value is -3.94. The van der Waals surface area contributed by atoms with E-state index in [1.165, 1.54) is 6.33 Å². The monoisotopic (exact) mass is 402 g/mol. The van der Waals surface area contributed by atoms with Crippen molar-refractivity contribution in [3.8, 4) is 11.1 Å². The first-order chi connectivity index (χ1) is 14.5. The Morgan fingerprint density at radius 3 is 2.73 bits per heavy atom. The Labute approximate surface area is 172 Å². The Bertz CT molecular complexity index is 1280. The van der Waals surface area contributed by atoms with E-state index in [9.17, 15) is 4.79 Å². The van der Waals surface area contributed by atoms with E-state index in [2.05, 4.69) is 15.3 Å². The molecule has 2 amide bonds. The van der Waals surface area contributed by atoms with Gasteiger partial charge in [-0.25, -0.2) is 19.2 Å². The number of nitrogens with two attached hydrogens (primary N) is 1. The Kier molecular flexibility index (Phi) is 4.13. The predicted molar refractivity (Wildman–Crippen MR) is 115 cm³/mol. The van der Waals surface area contributed by atoms with E-state index in [0.717, 1.165) is 0 Å². The number of nitrogen functional groups attached to an aromatic ring is 1. The number of aryl methyl sites for hydroxylation is 1. The molecule has 0 bridgehead atoms. The van der Waals surface area contributed by atoms with Crippen LogP contribution in [0.3, 0.4) is 0 Å². The molecule has 0 saturated carbocycles. The van der Waals surface area contributed by atoms with Crippen LogP contribution in [0.2, 0.25) is 0 Å². The van der Waals surface area contributed by atoms with Gasteiger partial charge in [-0.15, -0.1) is 0 Å². The average Bonchev–Trinajstić information content (AvgIpc) is 3.32. The van der Waals surface area contributed by atoms with Crippen molar-refractivity contribution in [2.24, 2.45) is 7.05 Å². The maximum Gasteiger partial charge on any atom is 0.326 e. The molecule has 2 aromatic carbocycles. The number of nitrogens with zero attached hydrogens (tertiary/aromatic N) is 4. The first kappa shape index (κ1) is 18.1. The van der Waals surface area contributed by atoms with Crippen LogP contribution in [0.15, 0.2) is 55.0 Å². The Morgan fingerprint density at radius 1 is 1.13 bits per heavy atom. The van der Waals surface area contributed by atoms with Gasteiger partial charge in [0.2, 0.25) is 0 Å². The van der Waals surface area contributed by atoms with Crippen molar-refractivity contribution in [2.45, 2.75) is 6.42 Å². The molecule has 4 aromatic rings. The lowest BCUT2D eigenvalue weighted by Gasteiger charge is -2.18. The van der Waals surface area contributed by atoms with Crippen LogP contribution in [0.4, 0.5) is 26.4 Å². The molecule has 0 saturated heterocycles. The molecule has 0 aliphatic carbocycles. The number of carbonyl (C=O) groups excluding carboxylic acids is 1. The summed E-state index contributed by atoms with van der Waals surface area (Å²) in [5.41, 5.74) is 9.55. The fourth-order valence-electron chi connectivity index (χ4n) is 4.02. The van der Waals surface area contributed by atoms with Gasteiger partial charge in [0, 0.05) is 42.2 Å². The number of benzene rings is 2. The minimum atomic E-state index is -0.349. The van der Waals surface area contributed by atoms with Gasteiger partial charge in [0.25, 0.3) is 0 Å². The van der Waals surface area contributed by atoms with E-state index in [0.29, 0.717) is 57.9 Å². The summed E-state index contributed by atoms with van der Waals surface area (Å²) in [6.07, 6.45) is 3.63. The lowest BCUT2D eigenvalue weighted by Crippen LogP contribution is -2.33. The molecule has 3 heterocycles. The lowest BCUT2D eigenvalue weighted by molar-refractivity contribution is 0.257. The number of rotatable bonds is 2. The lowest BCUT2D eigenvalue weighted by atomic mass is 10.0. The van der Waals surface area contributed by atoms with Crippen molar-refractivity contribution in [3.63, 3.8) is 0 Å². The van der Waals surface area contributed by atoms with Gasteiger partial charge in [0.1, 0.15) is 23.6 Å². The smallest absolute Gasteiger partial charge is 0.326 e. The van der Waals surface area contributed by atoms with Crippen molar-refractivity contribution in [1.29, 1.82) is 0 Å². The van der Waals surface area contributed by atoms with Gasteiger partial charge in [-0.3, -0.25) is 4.90 Å². The highest BCUT2D eigenvalue weighted by Gasteiger charge is 2.29. The molecule has 1 aliphatic heterocycles. The molecule has 3 N–H and O–H groups in total. The van der Waals surface area contributed by atoms with Crippen molar-refractivity contribution < 1.29 is 9.18 Å². The number of halogens is 1. The number of anilines is 3. The molecule has 0 radical (unpaired) electrons. The fraction of sp³-hybridized carbons (Fsp3) is 0.136. The first-order valence-electron chi connectivity index (χ1n) is 9.55. The van der Waals surface area contributed by atoms with Crippen LogP contribution in [-0.4, -0.2) is 27.1 Å². The molecular formula is C22H19FN6O. The Balaban J connectivity index is 1.54. The third-order valence-corrected chi connectivity index (χ3v) is 5.44. The van der Waals surface area contributed by atoms with Gasteiger partial charge < -0.3 is 15.6 Å². The molecule has 150 valence electrons. The van der Waals surface area contributed by atoms with E-state index in [4.69, 9.17) is 5.73 Å². The molecule has 8 heteroatoms. The largest absolute Gasteiger partial charge is 0.383 e. The zero-order valence-corrected chi connectivity index (χ0v) is 16.3. The van der Waals surface area contributed by atoms with Gasteiger partial charge in [-0.05, 0) is 30.7 Å². The fourth-order valence-corrected chi connectivity index (χ4v) is 4.02. The number of aromatic nitrogens is 3. The molecule has 0 spiro atoms. The SMILES string of the molecule is Cn1cc(-c2ccc3c(c2F)CCN3C(=O)Nc2ccccc2)c2c(N)ncnc21. The second kappa shape index (κ2) is 6.84. The van der Waals surface area contributed by atoms with E-state index >= 15 is 4.39 Å². The summed E-state index contributed by atoms with van der Waals surface area (Å²) in [6.45, 7) is 0.412. The zero-order valence-electron chi connectivity index (χ0n) is 16.3. The molecular weight excluding hydrogens is 383 g/mol. The second-order valence-electron chi connectivity index (χ2n) is 7.23. The highest BCUT2D eigenvalue weighted by molar-refractivity contribution is 6.04. The number of urea groups is 1. The average molecular weight is 402 g/mol. The van der Waals surface area contributed by atoms with E-state index < -0.39 is 0 Å². The van der Waals surface area contributed by atoms with Crippen LogP contribution in [-0.2, 0) is 13.5 Å². The van der Waals surface area contributed by atoms with Gasteiger partial charge >= 0.3 is 6.03 Å². The van der Waals surface area contributed by atoms with E-state index in [-0.39, 0.29) is 11.8 Å². The number of fused-ring (bicyclic) bond motifs is 2. The van der Waals surface area contributed by atoms with Crippen LogP contribution >= 0.6 is 0 Å². The maximum atomic E-state index is 15.5. The van der Waals surface area contributed by atoms with E-state index in [1.54, 1.807) is 27.8 Å². The molecule has 2 aromatic heterocycles. The summed E-state index contributed by atoms with van der Waals surface area (Å²) in [4.78, 5) is 22.6. The predicted octanol–water partition coefficient (Wildman–Crippen LogP) is 3.95. The quantitative estimate of drug-likeness (QED) is 0.531. The van der Waals surface area contributed by atoms with Crippen molar-refractivity contribution in [3.05, 3.63) is 66.4 Å². The van der Waals surface area contributed by atoms with Crippen LogP contribution in [0.5, 0.6) is 0 Å². The van der Waals surface area contributed by atoms with Gasteiger partial charge in [-0.1, -0.05) is 18.2 Å². The summed E-state index contributed by atoms with van der Waals surface area (Å²) in [6, 6.07) is 12.4. The number of hydrogen-bond donors (Lipinski definition) is 2. The third kappa shape index (κ3) is 2.76. The second-order valence-corrected chi connectivity index (χ2v) is 7.23. The highest BCUT2D eigenvalue weighted by atomic mass is 19.1. The summed E-state index contributed by atoms with van der Waals surface area (Å²) in [7, 11) is 1.83. The molecule has 7 nitrogen and oxygen atoms in total. The molecule has 0 fully saturated rings. The summed E-state index contributed by atoms with van der Waals surface area (Å²) < 4.78 is 17.3. The number of nitrogens with one attached hydrogen (secondary N) is 1. The van der Waals surface area contributed by atoms with Crippen LogP contribution in [0, 0.1) is 5.82 Å². The standard InChI is InChI=1S/C22H19FN6O/c1-28-11-16(18-20(24)25-12-26-21(18)28)14-7-8-17-15(19(14)23)9-10-29(17)22(30)27-13-5-3-2-4-6-13/h2-8,11-12H,9-10H2,1H3,(H,27,30)(H2,24,25,26). The van der Waals surface area contributed by atoms with Crippen LogP contribution in [0.1, 0.15) is 5.56 Å². The molecule has 1 aliphatic rings. The third-order valence-electron chi connectivity index (χ3n) is 5.44. The van der Waals surface area contributed by atoms with Crippen molar-refractivity contribution >= 4 is 34.3 Å².